The fraction of sp³-hybridized carbons (Fsp3) is 0.900. The Morgan fingerprint density at radius 3 is 2.29 bits per heavy atom. The zero-order chi connectivity index (χ0) is 10.6. The van der Waals surface area contributed by atoms with Crippen LogP contribution >= 0.6 is 45.2 Å². The first-order chi connectivity index (χ1) is 6.61. The molecule has 1 fully saturated rings. The number of rotatable bonds is 3. The maximum atomic E-state index is 11.0. The second-order valence-corrected chi connectivity index (χ2v) is 8.87. The van der Waals surface area contributed by atoms with E-state index in [-0.39, 0.29) is 12.1 Å². The van der Waals surface area contributed by atoms with Crippen molar-refractivity contribution in [2.75, 3.05) is 0 Å². The average molecular weight is 422 g/mol. The van der Waals surface area contributed by atoms with E-state index in [0.29, 0.717) is 7.85 Å². The van der Waals surface area contributed by atoms with E-state index in [1.807, 2.05) is 0 Å². The molecule has 1 unspecified atom stereocenters. The van der Waals surface area contributed by atoms with E-state index in [0.717, 1.165) is 0 Å². The lowest BCUT2D eigenvalue weighted by Crippen LogP contribution is -2.32. The standard InChI is InChI=1S/C10H16I2O2/c1-7(13)14-9(10(11)12)8-5-3-2-4-6-8/h8-10H,2-6H2,1H3. The summed E-state index contributed by atoms with van der Waals surface area (Å²) in [6.07, 6.45) is 6.50. The quantitative estimate of drug-likeness (QED) is 0.394. The van der Waals surface area contributed by atoms with E-state index in [9.17, 15) is 4.79 Å². The third kappa shape index (κ3) is 4.20. The normalized spacial score (nSPS) is 20.9. The van der Waals surface area contributed by atoms with E-state index in [2.05, 4.69) is 45.2 Å². The van der Waals surface area contributed by atoms with Crippen LogP contribution in [0.3, 0.4) is 0 Å². The molecule has 4 heteroatoms. The van der Waals surface area contributed by atoms with Crippen molar-refractivity contribution in [1.82, 2.24) is 0 Å². The smallest absolute Gasteiger partial charge is 0.302 e. The maximum absolute atomic E-state index is 11.0. The summed E-state index contributed by atoms with van der Waals surface area (Å²) in [6.45, 7) is 1.51. The molecule has 0 bridgehead atoms. The molecule has 2 nitrogen and oxygen atoms in total. The Morgan fingerprint density at radius 2 is 1.86 bits per heavy atom. The number of alkyl halides is 2. The number of ether oxygens (including phenoxy) is 1. The van der Waals surface area contributed by atoms with Crippen molar-refractivity contribution in [3.63, 3.8) is 0 Å². The Bertz CT molecular complexity index is 189. The van der Waals surface area contributed by atoms with Crippen LogP contribution < -0.4 is 0 Å². The highest BCUT2D eigenvalue weighted by Crippen LogP contribution is 2.33. The third-order valence-electron chi connectivity index (χ3n) is 2.66. The van der Waals surface area contributed by atoms with Crippen LogP contribution in [0.4, 0.5) is 0 Å². The lowest BCUT2D eigenvalue weighted by atomic mass is 9.86. The third-order valence-corrected chi connectivity index (χ3v) is 4.08. The largest absolute Gasteiger partial charge is 0.460 e. The van der Waals surface area contributed by atoms with Crippen molar-refractivity contribution >= 4 is 51.2 Å². The molecule has 0 saturated heterocycles. The Kier molecular flexibility index (Phi) is 6.03. The molecule has 0 radical (unpaired) electrons. The molecule has 1 aliphatic carbocycles. The van der Waals surface area contributed by atoms with Crippen LogP contribution in [-0.4, -0.2) is 14.0 Å². The number of carbonyl (C=O) groups excluding carboxylic acids is 1. The molecule has 0 N–H and O–H groups in total. The van der Waals surface area contributed by atoms with Crippen LogP contribution in [0.1, 0.15) is 39.0 Å². The Balaban J connectivity index is 2.51. The van der Waals surface area contributed by atoms with Gasteiger partial charge in [0.1, 0.15) is 6.10 Å². The summed E-state index contributed by atoms with van der Waals surface area (Å²) in [5.41, 5.74) is 0. The summed E-state index contributed by atoms with van der Waals surface area (Å²) >= 11 is 4.70. The van der Waals surface area contributed by atoms with Gasteiger partial charge in [0, 0.05) is 6.92 Å². The molecule has 0 aromatic rings. The molecule has 1 rings (SSSR count). The Morgan fingerprint density at radius 1 is 1.29 bits per heavy atom. The van der Waals surface area contributed by atoms with Crippen LogP contribution in [0.2, 0.25) is 0 Å². The Labute approximate surface area is 113 Å². The first-order valence-corrected chi connectivity index (χ1v) is 7.55. The van der Waals surface area contributed by atoms with Crippen LogP contribution in [0.5, 0.6) is 0 Å². The predicted molar refractivity (Wildman–Crippen MR) is 74.0 cm³/mol. The van der Waals surface area contributed by atoms with Gasteiger partial charge >= 0.3 is 5.97 Å². The van der Waals surface area contributed by atoms with Crippen LogP contribution in [0.25, 0.3) is 0 Å². The number of hydrogen-bond donors (Lipinski definition) is 0. The van der Waals surface area contributed by atoms with Crippen molar-refractivity contribution in [2.24, 2.45) is 5.92 Å². The summed E-state index contributed by atoms with van der Waals surface area (Å²) in [6, 6.07) is 0. The van der Waals surface area contributed by atoms with Gasteiger partial charge in [0.2, 0.25) is 0 Å². The maximum Gasteiger partial charge on any atom is 0.302 e. The molecule has 0 amide bonds. The molecule has 1 aliphatic rings. The van der Waals surface area contributed by atoms with Crippen molar-refractivity contribution < 1.29 is 9.53 Å². The number of carbonyl (C=O) groups is 1. The molecule has 82 valence electrons. The van der Waals surface area contributed by atoms with Gasteiger partial charge in [0.15, 0.2) is 0 Å². The summed E-state index contributed by atoms with van der Waals surface area (Å²) in [4.78, 5) is 11.0. The van der Waals surface area contributed by atoms with Gasteiger partial charge in [-0.15, -0.1) is 0 Å². The minimum absolute atomic E-state index is 0.119. The van der Waals surface area contributed by atoms with Crippen molar-refractivity contribution in [3.05, 3.63) is 0 Å². The van der Waals surface area contributed by atoms with Gasteiger partial charge in [0.05, 0.1) is 1.93 Å². The highest BCUT2D eigenvalue weighted by molar-refractivity contribution is 14.2. The van der Waals surface area contributed by atoms with Crippen LogP contribution in [0, 0.1) is 5.92 Å². The van der Waals surface area contributed by atoms with E-state index in [4.69, 9.17) is 4.74 Å². The van der Waals surface area contributed by atoms with Gasteiger partial charge < -0.3 is 4.74 Å². The van der Waals surface area contributed by atoms with Gasteiger partial charge in [-0.25, -0.2) is 0 Å². The molecule has 0 aromatic carbocycles. The molecule has 1 atom stereocenters. The minimum atomic E-state index is -0.140. The zero-order valence-electron chi connectivity index (χ0n) is 8.34. The SMILES string of the molecule is CC(=O)OC(C(I)I)C1CCCCC1. The van der Waals surface area contributed by atoms with Crippen LogP contribution in [-0.2, 0) is 9.53 Å². The van der Waals surface area contributed by atoms with Crippen LogP contribution in [0.15, 0.2) is 0 Å². The fourth-order valence-corrected chi connectivity index (χ4v) is 3.48. The van der Waals surface area contributed by atoms with Crippen molar-refractivity contribution in [2.45, 2.75) is 47.1 Å². The monoisotopic (exact) mass is 422 g/mol. The lowest BCUT2D eigenvalue weighted by Gasteiger charge is -2.30. The number of hydrogen-bond acceptors (Lipinski definition) is 2. The average Bonchev–Trinajstić information content (AvgIpc) is 2.15. The number of esters is 1. The fourth-order valence-electron chi connectivity index (χ4n) is 2.01. The predicted octanol–water partition coefficient (Wildman–Crippen LogP) is 3.69. The summed E-state index contributed by atoms with van der Waals surface area (Å²) < 4.78 is 5.78. The van der Waals surface area contributed by atoms with Crippen molar-refractivity contribution in [3.8, 4) is 0 Å². The number of halogens is 2. The molecular formula is C10H16I2O2. The summed E-state index contributed by atoms with van der Waals surface area (Å²) in [7, 11) is 0. The van der Waals surface area contributed by atoms with Crippen molar-refractivity contribution in [1.29, 1.82) is 0 Å². The minimum Gasteiger partial charge on any atom is -0.460 e. The van der Waals surface area contributed by atoms with Gasteiger partial charge in [-0.2, -0.15) is 0 Å². The molecule has 0 aromatic heterocycles. The van der Waals surface area contributed by atoms with E-state index in [1.165, 1.54) is 39.0 Å². The molecule has 0 heterocycles. The summed E-state index contributed by atoms with van der Waals surface area (Å²) in [5, 5.41) is 0. The van der Waals surface area contributed by atoms with Gasteiger partial charge in [-0.3, -0.25) is 4.79 Å². The first kappa shape index (κ1) is 13.0. The van der Waals surface area contributed by atoms with Gasteiger partial charge in [0.25, 0.3) is 0 Å². The highest BCUT2D eigenvalue weighted by Gasteiger charge is 2.30. The first-order valence-electron chi connectivity index (χ1n) is 5.06. The highest BCUT2D eigenvalue weighted by atomic mass is 127. The van der Waals surface area contributed by atoms with E-state index in [1.54, 1.807) is 0 Å². The molecule has 0 spiro atoms. The zero-order valence-corrected chi connectivity index (χ0v) is 12.7. The molecule has 0 aliphatic heterocycles. The van der Waals surface area contributed by atoms with Gasteiger partial charge in [-0.1, -0.05) is 64.4 Å². The van der Waals surface area contributed by atoms with E-state index >= 15 is 0 Å². The summed E-state index contributed by atoms with van der Waals surface area (Å²) in [5.74, 6) is 0.449. The Hall–Kier alpha value is 0.930. The molecule has 1 saturated carbocycles. The topological polar surface area (TPSA) is 26.3 Å². The second kappa shape index (κ2) is 6.50. The second-order valence-electron chi connectivity index (χ2n) is 3.81. The van der Waals surface area contributed by atoms with E-state index < -0.39 is 0 Å². The molecular weight excluding hydrogens is 406 g/mol. The molecule has 14 heavy (non-hydrogen) atoms. The van der Waals surface area contributed by atoms with Gasteiger partial charge in [-0.05, 0) is 18.8 Å². The lowest BCUT2D eigenvalue weighted by molar-refractivity contribution is -0.148.